The Balaban J connectivity index is 2.45. The molecule has 1 aromatic carbocycles. The zero-order valence-corrected chi connectivity index (χ0v) is 9.82. The topological polar surface area (TPSA) is 17.8 Å². The van der Waals surface area contributed by atoms with Crippen LogP contribution in [0.5, 0.6) is 0 Å². The molecule has 0 saturated heterocycles. The molecule has 0 saturated carbocycles. The summed E-state index contributed by atoms with van der Waals surface area (Å²) in [5, 5.41) is 0. The highest BCUT2D eigenvalue weighted by atomic mass is 15.1. The number of para-hydroxylation sites is 2. The second-order valence-electron chi connectivity index (χ2n) is 4.02. The summed E-state index contributed by atoms with van der Waals surface area (Å²) in [5.41, 5.74) is 2.31. The number of aromatic nitrogens is 2. The monoisotopic (exact) mass is 214 g/mol. The van der Waals surface area contributed by atoms with E-state index in [0.717, 1.165) is 18.5 Å². The molecule has 0 fully saturated rings. The lowest BCUT2D eigenvalue weighted by Gasteiger charge is -2.05. The van der Waals surface area contributed by atoms with Gasteiger partial charge in [0.25, 0.3) is 0 Å². The molecule has 0 unspecified atom stereocenters. The highest BCUT2D eigenvalue weighted by Gasteiger charge is 2.07. The number of allylic oxidation sites excluding steroid dienone is 1. The fourth-order valence-electron chi connectivity index (χ4n) is 1.98. The Morgan fingerprint density at radius 2 is 2.19 bits per heavy atom. The zero-order valence-electron chi connectivity index (χ0n) is 9.82. The van der Waals surface area contributed by atoms with E-state index in [1.807, 2.05) is 12.1 Å². The zero-order chi connectivity index (χ0) is 11.4. The quantitative estimate of drug-likeness (QED) is 0.696. The van der Waals surface area contributed by atoms with E-state index in [0.29, 0.717) is 0 Å². The fraction of sp³-hybridized carbons (Fsp3) is 0.357. The molecule has 1 aromatic heterocycles. The van der Waals surface area contributed by atoms with Crippen LogP contribution in [0.2, 0.25) is 0 Å². The van der Waals surface area contributed by atoms with Gasteiger partial charge in [-0.1, -0.05) is 31.6 Å². The van der Waals surface area contributed by atoms with Crippen LogP contribution in [0, 0.1) is 0 Å². The van der Waals surface area contributed by atoms with Gasteiger partial charge < -0.3 is 4.57 Å². The summed E-state index contributed by atoms with van der Waals surface area (Å²) in [6, 6.07) is 8.30. The smallest absolute Gasteiger partial charge is 0.110 e. The Kier molecular flexibility index (Phi) is 3.40. The van der Waals surface area contributed by atoms with Gasteiger partial charge in [-0.2, -0.15) is 0 Å². The summed E-state index contributed by atoms with van der Waals surface area (Å²) >= 11 is 0. The molecular weight excluding hydrogens is 196 g/mol. The van der Waals surface area contributed by atoms with E-state index in [1.165, 1.54) is 24.2 Å². The van der Waals surface area contributed by atoms with Gasteiger partial charge in [0.05, 0.1) is 11.0 Å². The van der Waals surface area contributed by atoms with Crippen LogP contribution in [0.4, 0.5) is 0 Å². The largest absolute Gasteiger partial charge is 0.324 e. The van der Waals surface area contributed by atoms with Crippen LogP contribution in [0.15, 0.2) is 36.9 Å². The summed E-state index contributed by atoms with van der Waals surface area (Å²) in [5.74, 6) is 1.18. The van der Waals surface area contributed by atoms with Crippen molar-refractivity contribution in [3.05, 3.63) is 42.7 Å². The molecule has 2 nitrogen and oxygen atoms in total. The number of hydrogen-bond donors (Lipinski definition) is 0. The predicted molar refractivity (Wildman–Crippen MR) is 68.5 cm³/mol. The molecule has 0 aliphatic rings. The van der Waals surface area contributed by atoms with Crippen molar-refractivity contribution in [3.8, 4) is 0 Å². The van der Waals surface area contributed by atoms with Crippen LogP contribution in [-0.4, -0.2) is 9.55 Å². The van der Waals surface area contributed by atoms with Crippen LogP contribution >= 0.6 is 0 Å². The molecule has 0 aliphatic carbocycles. The number of fused-ring (bicyclic) bond motifs is 1. The van der Waals surface area contributed by atoms with Crippen molar-refractivity contribution in [2.75, 3.05) is 0 Å². The molecular formula is C14H18N2. The Labute approximate surface area is 96.6 Å². The number of unbranched alkanes of at least 4 members (excludes halogenated alkanes) is 1. The average molecular weight is 214 g/mol. The minimum absolute atomic E-state index is 0.847. The summed E-state index contributed by atoms with van der Waals surface area (Å²) in [7, 11) is 0. The van der Waals surface area contributed by atoms with Crippen molar-refractivity contribution >= 4 is 11.0 Å². The second-order valence-corrected chi connectivity index (χ2v) is 4.02. The number of nitrogens with zero attached hydrogens (tertiary/aromatic N) is 2. The van der Waals surface area contributed by atoms with E-state index in [2.05, 4.69) is 41.3 Å². The first-order valence-electron chi connectivity index (χ1n) is 5.92. The van der Waals surface area contributed by atoms with E-state index < -0.39 is 0 Å². The summed E-state index contributed by atoms with van der Waals surface area (Å²) in [6.07, 6.45) is 5.39. The van der Waals surface area contributed by atoms with Crippen molar-refractivity contribution in [1.82, 2.24) is 9.55 Å². The molecule has 2 aromatic rings. The Morgan fingerprint density at radius 3 is 2.94 bits per heavy atom. The summed E-state index contributed by atoms with van der Waals surface area (Å²) in [4.78, 5) is 4.68. The average Bonchev–Trinajstić information content (AvgIpc) is 2.66. The normalized spacial score (nSPS) is 10.8. The number of benzene rings is 1. The molecule has 0 N–H and O–H groups in total. The molecule has 0 bridgehead atoms. The van der Waals surface area contributed by atoms with E-state index in [4.69, 9.17) is 0 Å². The van der Waals surface area contributed by atoms with Gasteiger partial charge in [-0.3, -0.25) is 0 Å². The number of rotatable bonds is 5. The summed E-state index contributed by atoms with van der Waals surface area (Å²) < 4.78 is 2.26. The lowest BCUT2D eigenvalue weighted by atomic mass is 10.2. The van der Waals surface area contributed by atoms with Crippen molar-refractivity contribution in [1.29, 1.82) is 0 Å². The van der Waals surface area contributed by atoms with Crippen LogP contribution in [0.3, 0.4) is 0 Å². The molecule has 84 valence electrons. The van der Waals surface area contributed by atoms with E-state index >= 15 is 0 Å². The van der Waals surface area contributed by atoms with Crippen molar-refractivity contribution < 1.29 is 0 Å². The lowest BCUT2D eigenvalue weighted by molar-refractivity contribution is 0.697. The van der Waals surface area contributed by atoms with E-state index in [9.17, 15) is 0 Å². The Bertz CT molecular complexity index is 482. The fourth-order valence-corrected chi connectivity index (χ4v) is 1.98. The second kappa shape index (κ2) is 4.97. The molecule has 2 heteroatoms. The minimum Gasteiger partial charge on any atom is -0.324 e. The third-order valence-electron chi connectivity index (χ3n) is 2.80. The van der Waals surface area contributed by atoms with Gasteiger partial charge in [-0.15, -0.1) is 6.58 Å². The number of aryl methyl sites for hydroxylation is 1. The van der Waals surface area contributed by atoms with Crippen LogP contribution in [0.25, 0.3) is 11.0 Å². The maximum atomic E-state index is 4.68. The van der Waals surface area contributed by atoms with Gasteiger partial charge in [0, 0.05) is 13.0 Å². The van der Waals surface area contributed by atoms with E-state index in [1.54, 1.807) is 0 Å². The Hall–Kier alpha value is -1.57. The van der Waals surface area contributed by atoms with Crippen molar-refractivity contribution in [3.63, 3.8) is 0 Å². The highest BCUT2D eigenvalue weighted by Crippen LogP contribution is 2.17. The van der Waals surface area contributed by atoms with Crippen LogP contribution < -0.4 is 0 Å². The molecule has 16 heavy (non-hydrogen) atoms. The molecule has 0 spiro atoms. The maximum absolute atomic E-state index is 4.68. The van der Waals surface area contributed by atoms with Crippen molar-refractivity contribution in [2.45, 2.75) is 32.7 Å². The van der Waals surface area contributed by atoms with Crippen LogP contribution in [-0.2, 0) is 13.0 Å². The first-order chi connectivity index (χ1) is 7.86. The van der Waals surface area contributed by atoms with Gasteiger partial charge in [0.1, 0.15) is 5.82 Å². The maximum Gasteiger partial charge on any atom is 0.110 e. The third-order valence-corrected chi connectivity index (χ3v) is 2.80. The predicted octanol–water partition coefficient (Wildman–Crippen LogP) is 3.56. The van der Waals surface area contributed by atoms with Gasteiger partial charge in [-0.05, 0) is 18.6 Å². The van der Waals surface area contributed by atoms with Gasteiger partial charge in [0.2, 0.25) is 0 Å². The summed E-state index contributed by atoms with van der Waals surface area (Å²) in [6.45, 7) is 6.87. The molecule has 0 radical (unpaired) electrons. The Morgan fingerprint density at radius 1 is 1.38 bits per heavy atom. The third kappa shape index (κ3) is 2.01. The lowest BCUT2D eigenvalue weighted by Crippen LogP contribution is -2.02. The first kappa shape index (κ1) is 10.9. The highest BCUT2D eigenvalue weighted by molar-refractivity contribution is 5.75. The minimum atomic E-state index is 0.847. The van der Waals surface area contributed by atoms with Gasteiger partial charge in [-0.25, -0.2) is 4.98 Å². The molecule has 0 aliphatic heterocycles. The van der Waals surface area contributed by atoms with Gasteiger partial charge >= 0.3 is 0 Å². The van der Waals surface area contributed by atoms with E-state index in [-0.39, 0.29) is 0 Å². The standard InChI is InChI=1S/C14H18N2/c1-3-5-10-14-15-12-8-6-7-9-13(12)16(14)11-4-2/h4,6-9H,2-3,5,10-11H2,1H3. The molecule has 0 amide bonds. The SMILES string of the molecule is C=CCn1c(CCCC)nc2ccccc21. The number of imidazole rings is 1. The van der Waals surface area contributed by atoms with Crippen LogP contribution in [0.1, 0.15) is 25.6 Å². The first-order valence-corrected chi connectivity index (χ1v) is 5.92. The number of hydrogen-bond acceptors (Lipinski definition) is 1. The molecule has 0 atom stereocenters. The van der Waals surface area contributed by atoms with Crippen molar-refractivity contribution in [2.24, 2.45) is 0 Å². The van der Waals surface area contributed by atoms with Gasteiger partial charge in [0.15, 0.2) is 0 Å². The molecule has 1 heterocycles. The molecule has 2 rings (SSSR count).